The number of aromatic amines is 1. The van der Waals surface area contributed by atoms with Gasteiger partial charge in [-0.1, -0.05) is 24.3 Å². The maximum Gasteiger partial charge on any atom is 0.269 e. The van der Waals surface area contributed by atoms with Gasteiger partial charge in [0, 0.05) is 46.2 Å². The van der Waals surface area contributed by atoms with Crippen LogP contribution in [0.1, 0.15) is 16.7 Å². The highest BCUT2D eigenvalue weighted by atomic mass is 16.6. The van der Waals surface area contributed by atoms with Gasteiger partial charge in [0.2, 0.25) is 17.8 Å². The molecule has 11 heteroatoms. The van der Waals surface area contributed by atoms with Crippen molar-refractivity contribution in [1.82, 2.24) is 19.9 Å². The van der Waals surface area contributed by atoms with Crippen molar-refractivity contribution in [1.29, 1.82) is 0 Å². The number of non-ortho nitro benzene ring substituents is 1. The van der Waals surface area contributed by atoms with E-state index in [2.05, 4.69) is 41.1 Å². The zero-order chi connectivity index (χ0) is 25.8. The van der Waals surface area contributed by atoms with E-state index in [1.54, 1.807) is 18.3 Å². The quantitative estimate of drug-likeness (QED) is 0.120. The molecule has 4 N–H and O–H groups in total. The van der Waals surface area contributed by atoms with E-state index in [-0.39, 0.29) is 17.6 Å². The van der Waals surface area contributed by atoms with Crippen molar-refractivity contribution in [2.24, 2.45) is 5.10 Å². The normalized spacial score (nSPS) is 11.1. The van der Waals surface area contributed by atoms with Crippen LogP contribution in [0.4, 0.5) is 34.9 Å². The van der Waals surface area contributed by atoms with Gasteiger partial charge in [-0.15, -0.1) is 0 Å². The zero-order valence-electron chi connectivity index (χ0n) is 20.1. The Bertz CT molecular complexity index is 1610. The van der Waals surface area contributed by atoms with Crippen LogP contribution in [-0.4, -0.2) is 31.1 Å². The van der Waals surface area contributed by atoms with E-state index >= 15 is 0 Å². The number of benzene rings is 3. The van der Waals surface area contributed by atoms with Gasteiger partial charge < -0.3 is 15.6 Å². The first kappa shape index (κ1) is 23.4. The molecule has 0 fully saturated rings. The monoisotopic (exact) mass is 493 g/mol. The summed E-state index contributed by atoms with van der Waals surface area (Å²) in [6, 6.07) is 19.9. The molecule has 2 aromatic heterocycles. The van der Waals surface area contributed by atoms with E-state index < -0.39 is 4.92 Å². The van der Waals surface area contributed by atoms with Crippen molar-refractivity contribution in [3.05, 3.63) is 99.7 Å². The van der Waals surface area contributed by atoms with Crippen molar-refractivity contribution in [2.75, 3.05) is 16.1 Å². The molecule has 11 nitrogen and oxygen atoms in total. The summed E-state index contributed by atoms with van der Waals surface area (Å²) in [5.41, 5.74) is 8.50. The summed E-state index contributed by atoms with van der Waals surface area (Å²) in [4.78, 5) is 27.0. The van der Waals surface area contributed by atoms with Crippen LogP contribution in [0, 0.1) is 24.0 Å². The number of para-hydroxylation sites is 1. The number of fused-ring (bicyclic) bond motifs is 1. The van der Waals surface area contributed by atoms with Gasteiger partial charge in [0.1, 0.15) is 0 Å². The van der Waals surface area contributed by atoms with Crippen LogP contribution in [0.15, 0.2) is 78.0 Å². The highest BCUT2D eigenvalue weighted by Gasteiger charge is 2.10. The number of nitrogens with one attached hydrogen (secondary N) is 4. The van der Waals surface area contributed by atoms with Crippen LogP contribution in [0.3, 0.4) is 0 Å². The molecule has 0 amide bonds. The first-order valence-electron chi connectivity index (χ1n) is 11.4. The Morgan fingerprint density at radius 3 is 2.27 bits per heavy atom. The van der Waals surface area contributed by atoms with Gasteiger partial charge >= 0.3 is 0 Å². The second-order valence-electron chi connectivity index (χ2n) is 8.32. The molecular weight excluding hydrogens is 470 g/mol. The fraction of sp³-hybridized carbons (Fsp3) is 0.0769. The van der Waals surface area contributed by atoms with Crippen LogP contribution in [0.5, 0.6) is 0 Å². The van der Waals surface area contributed by atoms with Gasteiger partial charge in [0.25, 0.3) is 5.69 Å². The van der Waals surface area contributed by atoms with Crippen LogP contribution >= 0.6 is 0 Å². The number of aromatic nitrogens is 4. The third kappa shape index (κ3) is 5.51. The molecule has 184 valence electrons. The lowest BCUT2D eigenvalue weighted by Gasteiger charge is -2.11. The van der Waals surface area contributed by atoms with Crippen molar-refractivity contribution >= 4 is 52.0 Å². The van der Waals surface area contributed by atoms with E-state index in [9.17, 15) is 10.1 Å². The molecule has 0 spiro atoms. The van der Waals surface area contributed by atoms with Crippen LogP contribution in [-0.2, 0) is 0 Å². The molecule has 0 aliphatic heterocycles. The lowest BCUT2D eigenvalue weighted by Crippen LogP contribution is -2.07. The molecule has 0 bridgehead atoms. The van der Waals surface area contributed by atoms with Crippen LogP contribution in [0.25, 0.3) is 10.9 Å². The summed E-state index contributed by atoms with van der Waals surface area (Å²) in [7, 11) is 0. The summed E-state index contributed by atoms with van der Waals surface area (Å²) < 4.78 is 0. The Balaban J connectivity index is 1.41. The third-order valence-corrected chi connectivity index (χ3v) is 5.72. The number of anilines is 5. The Hall–Kier alpha value is -5.32. The molecule has 0 aliphatic carbocycles. The third-order valence-electron chi connectivity index (χ3n) is 5.72. The van der Waals surface area contributed by atoms with E-state index in [1.165, 1.54) is 17.7 Å². The van der Waals surface area contributed by atoms with E-state index in [4.69, 9.17) is 0 Å². The summed E-state index contributed by atoms with van der Waals surface area (Å²) in [6.45, 7) is 4.07. The second kappa shape index (κ2) is 10.1. The molecule has 2 heterocycles. The van der Waals surface area contributed by atoms with Crippen LogP contribution < -0.4 is 16.1 Å². The van der Waals surface area contributed by atoms with Crippen LogP contribution in [0.2, 0.25) is 0 Å². The topological polar surface area (TPSA) is 146 Å². The minimum absolute atomic E-state index is 0.00716. The Morgan fingerprint density at radius 1 is 0.865 bits per heavy atom. The highest BCUT2D eigenvalue weighted by molar-refractivity contribution is 5.99. The Labute approximate surface area is 211 Å². The lowest BCUT2D eigenvalue weighted by molar-refractivity contribution is -0.384. The van der Waals surface area contributed by atoms with Gasteiger partial charge in [-0.2, -0.15) is 20.1 Å². The number of rotatable bonds is 8. The van der Waals surface area contributed by atoms with Crippen molar-refractivity contribution in [3.63, 3.8) is 0 Å². The first-order valence-corrected chi connectivity index (χ1v) is 11.4. The Kier molecular flexibility index (Phi) is 6.41. The highest BCUT2D eigenvalue weighted by Crippen LogP contribution is 2.22. The zero-order valence-corrected chi connectivity index (χ0v) is 20.1. The smallest absolute Gasteiger partial charge is 0.269 e. The molecule has 5 aromatic rings. The molecule has 0 unspecified atom stereocenters. The van der Waals surface area contributed by atoms with Gasteiger partial charge in [0.15, 0.2) is 0 Å². The SMILES string of the molecule is Cc1ccc(Nc2nc(N/N=C\c3c[nH]c4ccccc34)nc(Nc3ccc([N+](=O)[O-])cc3)n2)cc1C. The molecule has 0 saturated carbocycles. The number of hydrogen-bond donors (Lipinski definition) is 4. The van der Waals surface area contributed by atoms with Gasteiger partial charge in [0.05, 0.1) is 11.1 Å². The minimum atomic E-state index is -0.452. The molecule has 5 rings (SSSR count). The summed E-state index contributed by atoms with van der Waals surface area (Å²) in [5, 5.41) is 22.6. The maximum absolute atomic E-state index is 11.0. The number of hydrazone groups is 1. The largest absolute Gasteiger partial charge is 0.361 e. The predicted octanol–water partition coefficient (Wildman–Crippen LogP) is 5.81. The van der Waals surface area contributed by atoms with E-state index in [0.29, 0.717) is 11.6 Å². The van der Waals surface area contributed by atoms with E-state index in [1.807, 2.05) is 62.5 Å². The molecule has 0 atom stereocenters. The fourth-order valence-electron chi connectivity index (χ4n) is 3.64. The maximum atomic E-state index is 11.0. The number of hydrogen-bond acceptors (Lipinski definition) is 9. The summed E-state index contributed by atoms with van der Waals surface area (Å²) in [5.74, 6) is 0.745. The van der Waals surface area contributed by atoms with Crippen molar-refractivity contribution < 1.29 is 4.92 Å². The minimum Gasteiger partial charge on any atom is -0.361 e. The Morgan fingerprint density at radius 2 is 1.54 bits per heavy atom. The predicted molar refractivity (Wildman–Crippen MR) is 145 cm³/mol. The second-order valence-corrected chi connectivity index (χ2v) is 8.32. The lowest BCUT2D eigenvalue weighted by atomic mass is 10.1. The number of H-pyrrole nitrogens is 1. The molecular formula is C26H23N9O2. The van der Waals surface area contributed by atoms with Crippen molar-refractivity contribution in [3.8, 4) is 0 Å². The fourth-order valence-corrected chi connectivity index (χ4v) is 3.64. The average Bonchev–Trinajstić information content (AvgIpc) is 3.30. The molecule has 3 aromatic carbocycles. The average molecular weight is 494 g/mol. The summed E-state index contributed by atoms with van der Waals surface area (Å²) >= 11 is 0. The van der Waals surface area contributed by atoms with Gasteiger partial charge in [-0.3, -0.25) is 10.1 Å². The number of nitro groups is 1. The standard InChI is InChI=1S/C26H23N9O2/c1-16-7-8-20(13-17(16)2)30-25-31-24(29-19-9-11-21(12-10-19)35(36)37)32-26(33-25)34-28-15-18-14-27-23-6-4-3-5-22(18)23/h3-15,27H,1-2H3,(H3,29,30,31,32,33,34)/b28-15-. The van der Waals surface area contributed by atoms with Gasteiger partial charge in [-0.25, -0.2) is 5.43 Å². The molecule has 37 heavy (non-hydrogen) atoms. The first-order chi connectivity index (χ1) is 17.9. The molecule has 0 aliphatic rings. The molecule has 0 radical (unpaired) electrons. The van der Waals surface area contributed by atoms with E-state index in [0.717, 1.165) is 27.7 Å². The van der Waals surface area contributed by atoms with Crippen molar-refractivity contribution in [2.45, 2.75) is 13.8 Å². The number of nitrogens with zero attached hydrogens (tertiary/aromatic N) is 5. The summed E-state index contributed by atoms with van der Waals surface area (Å²) in [6.07, 6.45) is 3.56. The number of nitro benzene ring substituents is 1. The van der Waals surface area contributed by atoms with Gasteiger partial charge in [-0.05, 0) is 55.3 Å². The number of aryl methyl sites for hydroxylation is 2. The molecule has 0 saturated heterocycles.